The molecule has 0 aromatic carbocycles. The molecule has 0 aliphatic rings. The van der Waals surface area contributed by atoms with E-state index in [0.717, 1.165) is 0 Å². The molecule has 28 heavy (non-hydrogen) atoms. The third kappa shape index (κ3) is 5.11. The Morgan fingerprint density at radius 3 is 1.00 bits per heavy atom. The Kier molecular flexibility index (Phi) is 7.64. The van der Waals surface area contributed by atoms with Crippen LogP contribution in [0.4, 0.5) is 57.1 Å². The normalized spacial score (nSPS) is 15.8. The van der Waals surface area contributed by atoms with Gasteiger partial charge in [-0.15, -0.1) is 0 Å². The van der Waals surface area contributed by atoms with E-state index in [0.29, 0.717) is 0 Å². The molecule has 0 aliphatic carbocycles. The molecule has 0 aromatic rings. The van der Waals surface area contributed by atoms with Crippen LogP contribution in [-0.2, 0) is 10.1 Å². The quantitative estimate of drug-likeness (QED) is 0.492. The molecular formula is C10H12F13NO3S. The van der Waals surface area contributed by atoms with Crippen LogP contribution in [0.1, 0.15) is 20.8 Å². The van der Waals surface area contributed by atoms with E-state index in [9.17, 15) is 70.0 Å². The van der Waals surface area contributed by atoms with Gasteiger partial charge in [0, 0.05) is 0 Å². The summed E-state index contributed by atoms with van der Waals surface area (Å²) >= 11 is 0. The van der Waals surface area contributed by atoms with Gasteiger partial charge in [-0.25, -0.2) is 8.42 Å². The molecule has 0 aliphatic heterocycles. The van der Waals surface area contributed by atoms with Crippen LogP contribution >= 0.6 is 0 Å². The molecule has 0 bridgehead atoms. The van der Waals surface area contributed by atoms with E-state index in [4.69, 9.17) is 0 Å². The minimum absolute atomic E-state index is 0.250. The maximum Gasteiger partial charge on any atom is 0.460 e. The van der Waals surface area contributed by atoms with Crippen molar-refractivity contribution < 1.29 is 75.8 Å². The Bertz CT molecular complexity index is 642. The average molecular weight is 473 g/mol. The predicted molar refractivity (Wildman–Crippen MR) is 63.1 cm³/mol. The first-order valence-electron chi connectivity index (χ1n) is 6.26. The number of halogens is 13. The van der Waals surface area contributed by atoms with Gasteiger partial charge in [-0.1, -0.05) is 0 Å². The molecule has 0 atom stereocenters. The number of quaternary nitrogens is 1. The lowest BCUT2D eigenvalue weighted by Gasteiger charge is -2.39. The second-order valence-electron chi connectivity index (χ2n) is 6.33. The Morgan fingerprint density at radius 1 is 0.607 bits per heavy atom. The van der Waals surface area contributed by atoms with Crippen LogP contribution in [0.2, 0.25) is 0 Å². The van der Waals surface area contributed by atoms with E-state index in [2.05, 4.69) is 26.5 Å². The third-order valence-electron chi connectivity index (χ3n) is 2.22. The van der Waals surface area contributed by atoms with Crippen molar-refractivity contribution in [2.24, 2.45) is 0 Å². The summed E-state index contributed by atoms with van der Waals surface area (Å²) in [6.07, 6.45) is -7.61. The highest BCUT2D eigenvalue weighted by Gasteiger charge is 2.91. The monoisotopic (exact) mass is 473 g/mol. The number of rotatable bonds is 5. The first-order chi connectivity index (χ1) is 11.5. The fourth-order valence-electron chi connectivity index (χ4n) is 0.912. The Labute approximate surface area is 148 Å². The predicted octanol–water partition coefficient (Wildman–Crippen LogP) is 3.25. The molecule has 0 unspecified atom stereocenters. The largest absolute Gasteiger partial charge is 0.743 e. The lowest BCUT2D eigenvalue weighted by atomic mass is 9.98. The highest BCUT2D eigenvalue weighted by Crippen LogP contribution is 2.60. The molecule has 0 rings (SSSR count). The van der Waals surface area contributed by atoms with Crippen LogP contribution in [0.15, 0.2) is 0 Å². The van der Waals surface area contributed by atoms with E-state index in [1.165, 1.54) is 0 Å². The van der Waals surface area contributed by atoms with Gasteiger partial charge < -0.3 is 10.3 Å². The smallest absolute Gasteiger partial charge is 0.460 e. The first kappa shape index (κ1) is 29.2. The first-order valence-corrected chi connectivity index (χ1v) is 7.67. The summed E-state index contributed by atoms with van der Waals surface area (Å²) in [4.78, 5) is 0. The van der Waals surface area contributed by atoms with Crippen LogP contribution < -0.4 is 5.73 Å². The number of hydrogen-bond donors (Lipinski definition) is 1. The van der Waals surface area contributed by atoms with Crippen LogP contribution in [-0.4, -0.2) is 53.6 Å². The van der Waals surface area contributed by atoms with Gasteiger partial charge in [-0.3, -0.25) is 0 Å². The fourth-order valence-corrected chi connectivity index (χ4v) is 1.35. The van der Waals surface area contributed by atoms with Crippen LogP contribution in [0.25, 0.3) is 0 Å². The van der Waals surface area contributed by atoms with Crippen molar-refractivity contribution in [1.29, 1.82) is 0 Å². The minimum atomic E-state index is -8.29. The minimum Gasteiger partial charge on any atom is -0.743 e. The summed E-state index contributed by atoms with van der Waals surface area (Å²) in [5, 5.41) is -7.63. The zero-order chi connectivity index (χ0) is 24.0. The Balaban J connectivity index is 0. The molecule has 0 radical (unpaired) electrons. The maximum absolute atomic E-state index is 12.7. The fraction of sp³-hybridized carbons (Fsp3) is 1.00. The van der Waals surface area contributed by atoms with Crippen molar-refractivity contribution >= 4 is 10.1 Å². The van der Waals surface area contributed by atoms with Gasteiger partial charge in [0.05, 0.1) is 5.54 Å². The lowest BCUT2D eigenvalue weighted by Crippen LogP contribution is -2.71. The van der Waals surface area contributed by atoms with E-state index in [1.807, 2.05) is 0 Å². The summed E-state index contributed by atoms with van der Waals surface area (Å²) < 4.78 is 189. The van der Waals surface area contributed by atoms with Crippen LogP contribution in [0, 0.1) is 0 Å². The SMILES string of the molecule is CC(C)(C)[NH3+].O=S(=O)([O-])C(F)(F)C(F)(F)C(F)(F)C(F)(F)C(F)(F)C(F)(F)F. The molecule has 0 amide bonds. The van der Waals surface area contributed by atoms with Gasteiger partial charge >= 0.3 is 35.1 Å². The molecule has 0 heterocycles. The highest BCUT2D eigenvalue weighted by molar-refractivity contribution is 7.86. The molecule has 4 nitrogen and oxygen atoms in total. The van der Waals surface area contributed by atoms with Crippen molar-refractivity contribution in [2.75, 3.05) is 0 Å². The van der Waals surface area contributed by atoms with E-state index in [1.54, 1.807) is 0 Å². The van der Waals surface area contributed by atoms with Gasteiger partial charge in [-0.2, -0.15) is 57.1 Å². The van der Waals surface area contributed by atoms with E-state index in [-0.39, 0.29) is 5.54 Å². The highest BCUT2D eigenvalue weighted by atomic mass is 32.2. The molecule has 0 saturated heterocycles. The van der Waals surface area contributed by atoms with Crippen molar-refractivity contribution in [3.05, 3.63) is 0 Å². The molecule has 0 spiro atoms. The van der Waals surface area contributed by atoms with Crippen molar-refractivity contribution in [3.8, 4) is 0 Å². The molecule has 0 saturated carbocycles. The average Bonchev–Trinajstić information content (AvgIpc) is 2.32. The van der Waals surface area contributed by atoms with Crippen LogP contribution in [0.3, 0.4) is 0 Å². The number of alkyl halides is 13. The Morgan fingerprint density at radius 2 is 0.821 bits per heavy atom. The van der Waals surface area contributed by atoms with Gasteiger partial charge in [0.15, 0.2) is 10.1 Å². The van der Waals surface area contributed by atoms with Gasteiger partial charge in [-0.05, 0) is 20.8 Å². The van der Waals surface area contributed by atoms with Gasteiger partial charge in [0.2, 0.25) is 0 Å². The van der Waals surface area contributed by atoms with Gasteiger partial charge in [0.1, 0.15) is 0 Å². The maximum atomic E-state index is 12.7. The summed E-state index contributed by atoms with van der Waals surface area (Å²) in [6, 6.07) is 0. The zero-order valence-electron chi connectivity index (χ0n) is 13.8. The zero-order valence-corrected chi connectivity index (χ0v) is 14.6. The molecular weight excluding hydrogens is 461 g/mol. The number of hydrogen-bond acceptors (Lipinski definition) is 3. The van der Waals surface area contributed by atoms with Crippen molar-refractivity contribution in [2.45, 2.75) is 61.4 Å². The van der Waals surface area contributed by atoms with Gasteiger partial charge in [0.25, 0.3) is 0 Å². The second kappa shape index (κ2) is 7.33. The lowest BCUT2D eigenvalue weighted by molar-refractivity contribution is -0.458. The topological polar surface area (TPSA) is 84.8 Å². The summed E-state index contributed by atoms with van der Waals surface area (Å²) in [5.41, 5.74) is 4.02. The summed E-state index contributed by atoms with van der Waals surface area (Å²) in [5.74, 6) is -32.6. The van der Waals surface area contributed by atoms with Crippen molar-refractivity contribution in [1.82, 2.24) is 0 Å². The summed E-state index contributed by atoms with van der Waals surface area (Å²) in [6.45, 7) is 6.23. The van der Waals surface area contributed by atoms with E-state index < -0.39 is 45.2 Å². The molecule has 3 N–H and O–H groups in total. The summed E-state index contributed by atoms with van der Waals surface area (Å²) in [7, 11) is -7.86. The van der Waals surface area contributed by atoms with Crippen LogP contribution in [0.5, 0.6) is 0 Å². The molecule has 172 valence electrons. The third-order valence-corrected chi connectivity index (χ3v) is 3.10. The molecule has 0 aromatic heterocycles. The Hall–Kier alpha value is -1.04. The second-order valence-corrected chi connectivity index (χ2v) is 7.75. The molecule has 0 fully saturated rings. The molecule has 18 heteroatoms. The standard InChI is InChI=1S/C6HF13O3S.C4H11N/c7-1(8,3(11,12)5(15,16)17)2(9,10)4(13,14)6(18,19)23(20,21)22;1-4(2,3)5/h(H,20,21,22);5H2,1-3H3. The van der Waals surface area contributed by atoms with Crippen molar-refractivity contribution in [3.63, 3.8) is 0 Å². The van der Waals surface area contributed by atoms with E-state index >= 15 is 0 Å².